The van der Waals surface area contributed by atoms with E-state index in [0.29, 0.717) is 6.04 Å². The van der Waals surface area contributed by atoms with Gasteiger partial charge in [-0.1, -0.05) is 12.1 Å². The van der Waals surface area contributed by atoms with Crippen molar-refractivity contribution >= 4 is 5.69 Å². The van der Waals surface area contributed by atoms with Gasteiger partial charge in [-0.25, -0.2) is 0 Å². The Morgan fingerprint density at radius 2 is 2.22 bits per heavy atom. The summed E-state index contributed by atoms with van der Waals surface area (Å²) in [6.45, 7) is 2.88. The molecule has 0 amide bonds. The second kappa shape index (κ2) is 5.69. The Bertz CT molecular complexity index is 507. The van der Waals surface area contributed by atoms with Gasteiger partial charge in [0.2, 0.25) is 0 Å². The molecule has 0 saturated carbocycles. The van der Waals surface area contributed by atoms with Crippen LogP contribution in [0.2, 0.25) is 0 Å². The summed E-state index contributed by atoms with van der Waals surface area (Å²) in [5.74, 6) is 0. The summed E-state index contributed by atoms with van der Waals surface area (Å²) >= 11 is 0. The molecule has 96 valence electrons. The van der Waals surface area contributed by atoms with Crippen molar-refractivity contribution in [3.63, 3.8) is 0 Å². The van der Waals surface area contributed by atoms with Crippen LogP contribution in [0.5, 0.6) is 0 Å². The van der Waals surface area contributed by atoms with Crippen molar-refractivity contribution in [2.75, 3.05) is 19.5 Å². The minimum absolute atomic E-state index is 0.333. The molecule has 0 saturated heterocycles. The first-order chi connectivity index (χ1) is 8.70. The van der Waals surface area contributed by atoms with Crippen molar-refractivity contribution in [2.45, 2.75) is 19.4 Å². The number of aromatic nitrogens is 2. The van der Waals surface area contributed by atoms with Gasteiger partial charge in [0.15, 0.2) is 0 Å². The fraction of sp³-hybridized carbons (Fsp3) is 0.357. The highest BCUT2D eigenvalue weighted by atomic mass is 16.5. The molecule has 0 aliphatic heterocycles. The van der Waals surface area contributed by atoms with E-state index >= 15 is 0 Å². The molecule has 0 bridgehead atoms. The molecule has 4 nitrogen and oxygen atoms in total. The van der Waals surface area contributed by atoms with E-state index in [0.717, 1.165) is 29.8 Å². The normalized spacial score (nSPS) is 12.6. The number of nitrogen functional groups attached to an aromatic ring is 1. The molecule has 1 aromatic heterocycles. The number of methoxy groups -OCH3 is 1. The summed E-state index contributed by atoms with van der Waals surface area (Å²) in [7, 11) is 1.72. The van der Waals surface area contributed by atoms with Crippen LogP contribution in [0.1, 0.15) is 19.4 Å². The van der Waals surface area contributed by atoms with Gasteiger partial charge < -0.3 is 10.5 Å². The van der Waals surface area contributed by atoms with Crippen LogP contribution in [0.25, 0.3) is 11.1 Å². The molecule has 2 aromatic rings. The fourth-order valence-electron chi connectivity index (χ4n) is 1.87. The lowest BCUT2D eigenvalue weighted by atomic mass is 10.1. The lowest BCUT2D eigenvalue weighted by molar-refractivity contribution is 0.178. The second-order valence-corrected chi connectivity index (χ2v) is 4.46. The number of hydrogen-bond acceptors (Lipinski definition) is 3. The van der Waals surface area contributed by atoms with Crippen LogP contribution in [-0.4, -0.2) is 23.5 Å². The van der Waals surface area contributed by atoms with Crippen molar-refractivity contribution in [3.05, 3.63) is 36.7 Å². The van der Waals surface area contributed by atoms with Crippen molar-refractivity contribution in [3.8, 4) is 11.1 Å². The number of rotatable bonds is 5. The average Bonchev–Trinajstić information content (AvgIpc) is 2.85. The Hall–Kier alpha value is -1.81. The predicted octanol–water partition coefficient (Wildman–Crippen LogP) is 2.73. The molecular formula is C14H19N3O. The minimum atomic E-state index is 0.333. The SMILES string of the molecule is COCCC(C)n1cc(-c2cccc(N)c2)cn1. The Labute approximate surface area is 107 Å². The van der Waals surface area contributed by atoms with Crippen LogP contribution in [0.15, 0.2) is 36.7 Å². The molecule has 0 aliphatic rings. The Balaban J connectivity index is 2.15. The third kappa shape index (κ3) is 2.90. The maximum Gasteiger partial charge on any atom is 0.0568 e. The molecule has 1 unspecified atom stereocenters. The maximum absolute atomic E-state index is 5.78. The van der Waals surface area contributed by atoms with Crippen molar-refractivity contribution in [2.24, 2.45) is 0 Å². The highest BCUT2D eigenvalue weighted by Gasteiger charge is 2.07. The summed E-state index contributed by atoms with van der Waals surface area (Å²) in [6, 6.07) is 8.17. The molecule has 1 atom stereocenters. The van der Waals surface area contributed by atoms with Gasteiger partial charge in [0.25, 0.3) is 0 Å². The molecule has 4 heteroatoms. The van der Waals surface area contributed by atoms with Crippen LogP contribution < -0.4 is 5.73 Å². The number of nitrogens with two attached hydrogens (primary N) is 1. The Kier molecular flexibility index (Phi) is 3.99. The molecule has 18 heavy (non-hydrogen) atoms. The van der Waals surface area contributed by atoms with Crippen LogP contribution in [-0.2, 0) is 4.74 Å². The molecule has 2 N–H and O–H groups in total. The van der Waals surface area contributed by atoms with Gasteiger partial charge in [-0.05, 0) is 31.0 Å². The Morgan fingerprint density at radius 1 is 1.39 bits per heavy atom. The van der Waals surface area contributed by atoms with E-state index in [4.69, 9.17) is 10.5 Å². The van der Waals surface area contributed by atoms with E-state index < -0.39 is 0 Å². The largest absolute Gasteiger partial charge is 0.399 e. The van der Waals surface area contributed by atoms with Crippen molar-refractivity contribution in [1.29, 1.82) is 0 Å². The zero-order chi connectivity index (χ0) is 13.0. The smallest absolute Gasteiger partial charge is 0.0568 e. The van der Waals surface area contributed by atoms with E-state index in [9.17, 15) is 0 Å². The van der Waals surface area contributed by atoms with E-state index in [2.05, 4.69) is 18.2 Å². The quantitative estimate of drug-likeness (QED) is 0.824. The summed E-state index contributed by atoms with van der Waals surface area (Å²) in [5.41, 5.74) is 8.74. The molecule has 0 fully saturated rings. The number of benzene rings is 1. The van der Waals surface area contributed by atoms with E-state index in [1.165, 1.54) is 0 Å². The van der Waals surface area contributed by atoms with Crippen LogP contribution in [0.3, 0.4) is 0 Å². The third-order valence-electron chi connectivity index (χ3n) is 3.01. The summed E-state index contributed by atoms with van der Waals surface area (Å²) in [5, 5.41) is 4.40. The zero-order valence-electron chi connectivity index (χ0n) is 10.8. The first-order valence-electron chi connectivity index (χ1n) is 6.09. The van der Waals surface area contributed by atoms with Gasteiger partial charge in [0.05, 0.1) is 12.2 Å². The number of ether oxygens (including phenoxy) is 1. The number of nitrogens with zero attached hydrogens (tertiary/aromatic N) is 2. The first kappa shape index (κ1) is 12.6. The van der Waals surface area contributed by atoms with E-state index in [-0.39, 0.29) is 0 Å². The van der Waals surface area contributed by atoms with Gasteiger partial charge in [-0.2, -0.15) is 5.10 Å². The lowest BCUT2D eigenvalue weighted by Crippen LogP contribution is -2.07. The standard InChI is InChI=1S/C14H19N3O/c1-11(6-7-18-2)17-10-13(9-16-17)12-4-3-5-14(15)8-12/h3-5,8-11H,6-7,15H2,1-2H3. The van der Waals surface area contributed by atoms with Crippen LogP contribution in [0.4, 0.5) is 5.69 Å². The summed E-state index contributed by atoms with van der Waals surface area (Å²) < 4.78 is 7.05. The van der Waals surface area contributed by atoms with Crippen LogP contribution in [0, 0.1) is 0 Å². The van der Waals surface area contributed by atoms with Gasteiger partial charge in [0, 0.05) is 31.2 Å². The average molecular weight is 245 g/mol. The highest BCUT2D eigenvalue weighted by molar-refractivity contribution is 5.65. The lowest BCUT2D eigenvalue weighted by Gasteiger charge is -2.10. The van der Waals surface area contributed by atoms with Gasteiger partial charge in [-0.3, -0.25) is 4.68 Å². The monoisotopic (exact) mass is 245 g/mol. The summed E-state index contributed by atoms with van der Waals surface area (Å²) in [4.78, 5) is 0. The van der Waals surface area contributed by atoms with Crippen LogP contribution >= 0.6 is 0 Å². The number of anilines is 1. The fourth-order valence-corrected chi connectivity index (χ4v) is 1.87. The minimum Gasteiger partial charge on any atom is -0.399 e. The number of hydrogen-bond donors (Lipinski definition) is 1. The molecule has 1 heterocycles. The van der Waals surface area contributed by atoms with Crippen molar-refractivity contribution < 1.29 is 4.74 Å². The van der Waals surface area contributed by atoms with E-state index in [1.807, 2.05) is 35.1 Å². The Morgan fingerprint density at radius 3 is 2.94 bits per heavy atom. The topological polar surface area (TPSA) is 53.1 Å². The van der Waals surface area contributed by atoms with E-state index in [1.54, 1.807) is 7.11 Å². The molecule has 1 aromatic carbocycles. The van der Waals surface area contributed by atoms with Crippen molar-refractivity contribution in [1.82, 2.24) is 9.78 Å². The molecule has 2 rings (SSSR count). The molecule has 0 radical (unpaired) electrons. The molecule has 0 aliphatic carbocycles. The predicted molar refractivity (Wildman–Crippen MR) is 73.3 cm³/mol. The highest BCUT2D eigenvalue weighted by Crippen LogP contribution is 2.22. The van der Waals surface area contributed by atoms with Gasteiger partial charge >= 0.3 is 0 Å². The molecule has 0 spiro atoms. The summed E-state index contributed by atoms with van der Waals surface area (Å²) in [6.07, 6.45) is 4.88. The zero-order valence-corrected chi connectivity index (χ0v) is 10.8. The van der Waals surface area contributed by atoms with Gasteiger partial charge in [-0.15, -0.1) is 0 Å². The van der Waals surface area contributed by atoms with Gasteiger partial charge in [0.1, 0.15) is 0 Å². The maximum atomic E-state index is 5.78. The second-order valence-electron chi connectivity index (χ2n) is 4.46. The first-order valence-corrected chi connectivity index (χ1v) is 6.09. The third-order valence-corrected chi connectivity index (χ3v) is 3.01. The molecular weight excluding hydrogens is 226 g/mol.